The van der Waals surface area contributed by atoms with Gasteiger partial charge < -0.3 is 4.79 Å². The van der Waals surface area contributed by atoms with Crippen molar-refractivity contribution in [1.82, 2.24) is 9.78 Å². The molecular formula is C18H15ClN2O. The Bertz CT molecular complexity index is 764. The molecule has 1 aromatic heterocycles. The van der Waals surface area contributed by atoms with Gasteiger partial charge in [-0.05, 0) is 36.8 Å². The maximum atomic E-state index is 10.6. The fourth-order valence-corrected chi connectivity index (χ4v) is 2.48. The summed E-state index contributed by atoms with van der Waals surface area (Å²) < 4.78 is 1.91. The van der Waals surface area contributed by atoms with Crippen LogP contribution < -0.4 is 0 Å². The van der Waals surface area contributed by atoms with Crippen molar-refractivity contribution in [3.8, 4) is 16.9 Å². The van der Waals surface area contributed by atoms with Crippen LogP contribution in [0.1, 0.15) is 12.1 Å². The van der Waals surface area contributed by atoms with Gasteiger partial charge in [0.1, 0.15) is 6.29 Å². The molecule has 0 N–H and O–H groups in total. The summed E-state index contributed by atoms with van der Waals surface area (Å²) in [7, 11) is 0. The molecule has 0 saturated heterocycles. The van der Waals surface area contributed by atoms with E-state index in [0.717, 1.165) is 28.9 Å². The first-order valence-electron chi connectivity index (χ1n) is 7.12. The van der Waals surface area contributed by atoms with E-state index in [2.05, 4.69) is 5.10 Å². The van der Waals surface area contributed by atoms with Gasteiger partial charge >= 0.3 is 0 Å². The number of hydrogen-bond acceptors (Lipinski definition) is 2. The van der Waals surface area contributed by atoms with Crippen LogP contribution in [0.2, 0.25) is 5.02 Å². The molecule has 0 fully saturated rings. The molecule has 110 valence electrons. The third kappa shape index (κ3) is 3.10. The second kappa shape index (κ2) is 6.58. The highest BCUT2D eigenvalue weighted by molar-refractivity contribution is 6.30. The number of carbonyl (C=O) groups excluding carboxylic acids is 1. The van der Waals surface area contributed by atoms with Crippen molar-refractivity contribution >= 4 is 17.9 Å². The van der Waals surface area contributed by atoms with E-state index in [1.54, 1.807) is 0 Å². The van der Waals surface area contributed by atoms with Crippen molar-refractivity contribution < 1.29 is 4.79 Å². The molecular weight excluding hydrogens is 296 g/mol. The number of halogens is 1. The zero-order chi connectivity index (χ0) is 15.4. The Morgan fingerprint density at radius 2 is 1.77 bits per heavy atom. The van der Waals surface area contributed by atoms with Gasteiger partial charge in [0, 0.05) is 17.0 Å². The number of aldehydes is 1. The van der Waals surface area contributed by atoms with E-state index in [9.17, 15) is 4.79 Å². The van der Waals surface area contributed by atoms with E-state index >= 15 is 0 Å². The normalized spacial score (nSPS) is 10.6. The SMILES string of the molecule is O=CCCc1cc(-c2ccc(Cl)cc2)n(-c2ccccc2)n1. The summed E-state index contributed by atoms with van der Waals surface area (Å²) >= 11 is 5.97. The number of benzene rings is 2. The van der Waals surface area contributed by atoms with Gasteiger partial charge in [-0.25, -0.2) is 4.68 Å². The van der Waals surface area contributed by atoms with Crippen LogP contribution in [0, 0.1) is 0 Å². The Balaban J connectivity index is 2.08. The van der Waals surface area contributed by atoms with Crippen LogP contribution in [-0.4, -0.2) is 16.1 Å². The van der Waals surface area contributed by atoms with Crippen molar-refractivity contribution in [2.24, 2.45) is 0 Å². The minimum Gasteiger partial charge on any atom is -0.303 e. The van der Waals surface area contributed by atoms with Crippen LogP contribution in [0.15, 0.2) is 60.7 Å². The molecule has 0 saturated carbocycles. The number of hydrogen-bond donors (Lipinski definition) is 0. The Hall–Kier alpha value is -2.39. The molecule has 3 rings (SSSR count). The standard InChI is InChI=1S/C18H15ClN2O/c19-15-10-8-14(9-11-15)18-13-16(5-4-12-22)20-21(18)17-6-2-1-3-7-17/h1-3,6-13H,4-5H2. The maximum absolute atomic E-state index is 10.6. The van der Waals surface area contributed by atoms with Gasteiger partial charge in [-0.3, -0.25) is 0 Å². The predicted octanol–water partition coefficient (Wildman–Crippen LogP) is 4.32. The first kappa shape index (κ1) is 14.5. The minimum atomic E-state index is 0.478. The van der Waals surface area contributed by atoms with E-state index in [0.29, 0.717) is 17.9 Å². The quantitative estimate of drug-likeness (QED) is 0.658. The summed E-state index contributed by atoms with van der Waals surface area (Å²) in [5.74, 6) is 0. The van der Waals surface area contributed by atoms with Crippen LogP contribution in [0.3, 0.4) is 0 Å². The molecule has 0 aliphatic rings. The largest absolute Gasteiger partial charge is 0.303 e. The van der Waals surface area contributed by atoms with Gasteiger partial charge in [0.05, 0.1) is 17.1 Å². The molecule has 1 heterocycles. The average Bonchev–Trinajstić information content (AvgIpc) is 2.98. The third-order valence-corrected chi connectivity index (χ3v) is 3.67. The van der Waals surface area contributed by atoms with E-state index in [1.807, 2.05) is 65.3 Å². The van der Waals surface area contributed by atoms with Crippen LogP contribution >= 0.6 is 11.6 Å². The lowest BCUT2D eigenvalue weighted by molar-refractivity contribution is -0.107. The number of para-hydroxylation sites is 1. The lowest BCUT2D eigenvalue weighted by atomic mass is 10.1. The smallest absolute Gasteiger partial charge is 0.120 e. The van der Waals surface area contributed by atoms with Gasteiger partial charge in [0.2, 0.25) is 0 Å². The minimum absolute atomic E-state index is 0.478. The molecule has 22 heavy (non-hydrogen) atoms. The monoisotopic (exact) mass is 310 g/mol. The Morgan fingerprint density at radius 3 is 2.45 bits per heavy atom. The molecule has 2 aromatic carbocycles. The van der Waals surface area contributed by atoms with Gasteiger partial charge in [-0.2, -0.15) is 5.10 Å². The fraction of sp³-hybridized carbons (Fsp3) is 0.111. The molecule has 0 spiro atoms. The van der Waals surface area contributed by atoms with Crippen LogP contribution in [0.25, 0.3) is 16.9 Å². The number of aryl methyl sites for hydroxylation is 1. The number of nitrogens with zero attached hydrogens (tertiary/aromatic N) is 2. The molecule has 0 unspecified atom stereocenters. The van der Waals surface area contributed by atoms with Gasteiger partial charge in [0.25, 0.3) is 0 Å². The first-order valence-corrected chi connectivity index (χ1v) is 7.49. The molecule has 3 aromatic rings. The summed E-state index contributed by atoms with van der Waals surface area (Å²) in [4.78, 5) is 10.6. The molecule has 0 aliphatic heterocycles. The van der Waals surface area contributed by atoms with E-state index < -0.39 is 0 Å². The summed E-state index contributed by atoms with van der Waals surface area (Å²) in [6.07, 6.45) is 2.04. The van der Waals surface area contributed by atoms with Gasteiger partial charge in [-0.15, -0.1) is 0 Å². The second-order valence-electron chi connectivity index (χ2n) is 4.98. The highest BCUT2D eigenvalue weighted by atomic mass is 35.5. The lowest BCUT2D eigenvalue weighted by Gasteiger charge is -2.07. The van der Waals surface area contributed by atoms with Gasteiger partial charge in [-0.1, -0.05) is 41.9 Å². The molecule has 0 atom stereocenters. The van der Waals surface area contributed by atoms with Crippen molar-refractivity contribution in [3.05, 3.63) is 71.4 Å². The molecule has 0 amide bonds. The summed E-state index contributed by atoms with van der Waals surface area (Å²) in [6, 6.07) is 19.7. The zero-order valence-electron chi connectivity index (χ0n) is 11.9. The fourth-order valence-electron chi connectivity index (χ4n) is 2.35. The number of carbonyl (C=O) groups is 1. The molecule has 0 radical (unpaired) electrons. The molecule has 3 nitrogen and oxygen atoms in total. The van der Waals surface area contributed by atoms with Gasteiger partial charge in [0.15, 0.2) is 0 Å². The average molecular weight is 311 g/mol. The molecule has 0 aliphatic carbocycles. The first-order chi connectivity index (χ1) is 10.8. The van der Waals surface area contributed by atoms with Crippen LogP contribution in [0.4, 0.5) is 0 Å². The summed E-state index contributed by atoms with van der Waals surface area (Å²) in [5, 5.41) is 5.35. The van der Waals surface area contributed by atoms with E-state index in [4.69, 9.17) is 11.6 Å². The Labute approximate surface area is 134 Å². The number of aromatic nitrogens is 2. The van der Waals surface area contributed by atoms with Crippen LogP contribution in [0.5, 0.6) is 0 Å². The molecule has 4 heteroatoms. The zero-order valence-corrected chi connectivity index (χ0v) is 12.7. The second-order valence-corrected chi connectivity index (χ2v) is 5.42. The van der Waals surface area contributed by atoms with Crippen molar-refractivity contribution in [2.75, 3.05) is 0 Å². The maximum Gasteiger partial charge on any atom is 0.120 e. The van der Waals surface area contributed by atoms with E-state index in [-0.39, 0.29) is 0 Å². The van der Waals surface area contributed by atoms with Crippen molar-refractivity contribution in [1.29, 1.82) is 0 Å². The highest BCUT2D eigenvalue weighted by Crippen LogP contribution is 2.25. The number of rotatable bonds is 5. The third-order valence-electron chi connectivity index (χ3n) is 3.42. The highest BCUT2D eigenvalue weighted by Gasteiger charge is 2.11. The van der Waals surface area contributed by atoms with Crippen molar-refractivity contribution in [2.45, 2.75) is 12.8 Å². The van der Waals surface area contributed by atoms with Crippen LogP contribution in [-0.2, 0) is 11.2 Å². The van der Waals surface area contributed by atoms with Crippen molar-refractivity contribution in [3.63, 3.8) is 0 Å². The molecule has 0 bridgehead atoms. The summed E-state index contributed by atoms with van der Waals surface area (Å²) in [5.41, 5.74) is 3.92. The summed E-state index contributed by atoms with van der Waals surface area (Å²) in [6.45, 7) is 0. The Morgan fingerprint density at radius 1 is 1.05 bits per heavy atom. The predicted molar refractivity (Wildman–Crippen MR) is 88.4 cm³/mol. The topological polar surface area (TPSA) is 34.9 Å². The van der Waals surface area contributed by atoms with E-state index in [1.165, 1.54) is 0 Å². The Kier molecular flexibility index (Phi) is 4.35. The lowest BCUT2D eigenvalue weighted by Crippen LogP contribution is -1.99.